The van der Waals surface area contributed by atoms with Gasteiger partial charge in [-0.05, 0) is 65.5 Å². The fourth-order valence-electron chi connectivity index (χ4n) is 4.19. The Morgan fingerprint density at radius 2 is 1.17 bits per heavy atom. The highest BCUT2D eigenvalue weighted by Crippen LogP contribution is 2.25. The number of hydrogen-bond donors (Lipinski definition) is 3. The number of rotatable bonds is 15. The minimum atomic E-state index is -0.205. The first kappa shape index (κ1) is 38.3. The highest BCUT2D eigenvalue weighted by Gasteiger charge is 2.05. The summed E-state index contributed by atoms with van der Waals surface area (Å²) in [5, 5.41) is 8.16. The molecule has 0 saturated carbocycles. The summed E-state index contributed by atoms with van der Waals surface area (Å²) in [6, 6.07) is 35.8. The quantitative estimate of drug-likeness (QED) is 0.0931. The second-order valence-corrected chi connectivity index (χ2v) is 10.0. The first-order valence-electron chi connectivity index (χ1n) is 15.6. The van der Waals surface area contributed by atoms with Gasteiger partial charge >= 0.3 is 0 Å². The fraction of sp³-hybridized carbons (Fsp3) is 0.175. The van der Waals surface area contributed by atoms with Gasteiger partial charge in [0.1, 0.15) is 6.61 Å². The van der Waals surface area contributed by atoms with Crippen LogP contribution in [0.5, 0.6) is 11.5 Å². The zero-order valence-electron chi connectivity index (χ0n) is 27.5. The molecule has 0 bridgehead atoms. The van der Waals surface area contributed by atoms with Crippen LogP contribution in [-0.2, 0) is 27.3 Å². The molecule has 0 aliphatic heterocycles. The van der Waals surface area contributed by atoms with Crippen molar-refractivity contribution in [3.8, 4) is 22.6 Å². The molecule has 8 nitrogen and oxygen atoms in total. The smallest absolute Gasteiger partial charge is 0.243 e. The lowest BCUT2D eigenvalue weighted by Gasteiger charge is -2.10. The Labute approximate surface area is 288 Å². The van der Waals surface area contributed by atoms with Crippen molar-refractivity contribution in [2.24, 2.45) is 0 Å². The second-order valence-electron chi connectivity index (χ2n) is 10.0. The van der Waals surface area contributed by atoms with E-state index >= 15 is 0 Å². The van der Waals surface area contributed by atoms with Gasteiger partial charge in [-0.2, -0.15) is 0 Å². The predicted octanol–water partition coefficient (Wildman–Crippen LogP) is 7.19. The molecule has 0 aliphatic carbocycles. The van der Waals surface area contributed by atoms with Crippen molar-refractivity contribution in [3.05, 3.63) is 158 Å². The van der Waals surface area contributed by atoms with Crippen LogP contribution in [0, 0.1) is 0 Å². The summed E-state index contributed by atoms with van der Waals surface area (Å²) in [4.78, 5) is 32.8. The Morgan fingerprint density at radius 3 is 1.79 bits per heavy atom. The SMILES string of the molecule is C=CC(=O)NCCCc1ccccc1.C=CC(=O)NCCOc1ccccc1OC.C=CC(=O)NCc1ccccc1-c1ccccc1.[HH].[HH].[HH]. The average molecular weight is 654 g/mol. The molecule has 3 amide bonds. The summed E-state index contributed by atoms with van der Waals surface area (Å²) in [6.45, 7) is 12.2. The summed E-state index contributed by atoms with van der Waals surface area (Å²) in [7, 11) is 1.59. The van der Waals surface area contributed by atoms with Gasteiger partial charge in [0.05, 0.1) is 13.7 Å². The number of ether oxygens (including phenoxy) is 2. The number of carbonyl (C=O) groups excluding carboxylic acids is 3. The maximum absolute atomic E-state index is 11.2. The highest BCUT2D eigenvalue weighted by atomic mass is 16.5. The van der Waals surface area contributed by atoms with Gasteiger partial charge in [0.2, 0.25) is 17.7 Å². The molecule has 4 aromatic carbocycles. The molecule has 8 heteroatoms. The molecule has 0 aromatic heterocycles. The van der Waals surface area contributed by atoms with Crippen molar-refractivity contribution in [3.63, 3.8) is 0 Å². The minimum Gasteiger partial charge on any atom is -0.493 e. The normalized spacial score (nSPS) is 9.52. The third kappa shape index (κ3) is 15.4. The zero-order chi connectivity index (χ0) is 34.8. The Bertz CT molecular complexity index is 1590. The number of aryl methyl sites for hydroxylation is 1. The van der Waals surface area contributed by atoms with E-state index in [0.717, 1.165) is 29.5 Å². The Hall–Kier alpha value is -5.89. The van der Waals surface area contributed by atoms with Gasteiger partial charge in [0, 0.05) is 17.4 Å². The number of carbonyl (C=O) groups is 3. The highest BCUT2D eigenvalue weighted by molar-refractivity contribution is 5.87. The van der Waals surface area contributed by atoms with Crippen LogP contribution in [0.25, 0.3) is 11.1 Å². The lowest BCUT2D eigenvalue weighted by Crippen LogP contribution is -2.26. The van der Waals surface area contributed by atoms with Gasteiger partial charge in [-0.15, -0.1) is 0 Å². The maximum atomic E-state index is 11.2. The lowest BCUT2D eigenvalue weighted by atomic mass is 10.00. The lowest BCUT2D eigenvalue weighted by molar-refractivity contribution is -0.117. The first-order chi connectivity index (χ1) is 23.4. The average Bonchev–Trinajstić information content (AvgIpc) is 3.15. The van der Waals surface area contributed by atoms with E-state index in [4.69, 9.17) is 9.47 Å². The minimum absolute atomic E-state index is 0. The standard InChI is InChI=1S/C16H15NO.C12H15NO3.C12H15NO.3H2/c1-2-16(18)17-12-14-10-6-7-11-15(14)13-8-4-3-5-9-13;1-3-12(14)13-8-9-16-11-7-5-4-6-10(11)15-2;1-2-12(14)13-10-6-9-11-7-4-3-5-8-11;;;/h2-11H,1,12H2,(H,17,18);3-7H,1,8-9H2,2H3,(H,13,14);2-5,7-8H,1,6,9-10H2,(H,13,14);3*1H. The molecule has 256 valence electrons. The van der Waals surface area contributed by atoms with E-state index in [1.807, 2.05) is 78.9 Å². The molecular formula is C40H51N3O5. The fourth-order valence-corrected chi connectivity index (χ4v) is 4.19. The summed E-state index contributed by atoms with van der Waals surface area (Å²) in [6.07, 6.45) is 5.76. The molecule has 4 rings (SSSR count). The Balaban J connectivity index is 0. The molecule has 0 aliphatic rings. The first-order valence-corrected chi connectivity index (χ1v) is 15.6. The van der Waals surface area contributed by atoms with Crippen LogP contribution in [0.15, 0.2) is 147 Å². The second kappa shape index (κ2) is 23.4. The van der Waals surface area contributed by atoms with E-state index < -0.39 is 0 Å². The van der Waals surface area contributed by atoms with E-state index in [1.54, 1.807) is 7.11 Å². The van der Waals surface area contributed by atoms with Gasteiger partial charge in [-0.3, -0.25) is 14.4 Å². The molecule has 0 spiro atoms. The summed E-state index contributed by atoms with van der Waals surface area (Å²) < 4.78 is 10.6. The summed E-state index contributed by atoms with van der Waals surface area (Å²) in [5.41, 5.74) is 4.70. The Kier molecular flexibility index (Phi) is 18.7. The summed E-state index contributed by atoms with van der Waals surface area (Å²) in [5.74, 6) is 0.884. The molecule has 4 aromatic rings. The molecule has 48 heavy (non-hydrogen) atoms. The number of amides is 3. The molecule has 0 saturated heterocycles. The van der Waals surface area contributed by atoms with Crippen molar-refractivity contribution in [2.45, 2.75) is 19.4 Å². The van der Waals surface area contributed by atoms with Crippen LogP contribution in [0.3, 0.4) is 0 Å². The van der Waals surface area contributed by atoms with E-state index in [0.29, 0.717) is 37.7 Å². The van der Waals surface area contributed by atoms with Crippen molar-refractivity contribution in [1.82, 2.24) is 16.0 Å². The van der Waals surface area contributed by atoms with Crippen LogP contribution in [-0.4, -0.2) is 44.5 Å². The molecule has 0 radical (unpaired) electrons. The topological polar surface area (TPSA) is 106 Å². The van der Waals surface area contributed by atoms with Gasteiger partial charge < -0.3 is 25.4 Å². The predicted molar refractivity (Wildman–Crippen MR) is 200 cm³/mol. The molecule has 0 unspecified atom stereocenters. The van der Waals surface area contributed by atoms with Crippen LogP contribution in [0.4, 0.5) is 0 Å². The van der Waals surface area contributed by atoms with Gasteiger partial charge in [-0.25, -0.2) is 0 Å². The number of nitrogens with one attached hydrogen (secondary N) is 3. The van der Waals surface area contributed by atoms with Gasteiger partial charge in [0.15, 0.2) is 11.5 Å². The van der Waals surface area contributed by atoms with Crippen LogP contribution < -0.4 is 25.4 Å². The van der Waals surface area contributed by atoms with E-state index in [2.05, 4.69) is 66.0 Å². The largest absolute Gasteiger partial charge is 0.493 e. The van der Waals surface area contributed by atoms with Crippen molar-refractivity contribution >= 4 is 17.7 Å². The van der Waals surface area contributed by atoms with E-state index in [-0.39, 0.29) is 22.0 Å². The number of benzene rings is 4. The third-order valence-electron chi connectivity index (χ3n) is 6.62. The third-order valence-corrected chi connectivity index (χ3v) is 6.62. The maximum Gasteiger partial charge on any atom is 0.243 e. The number of methoxy groups -OCH3 is 1. The number of hydrogen-bond acceptors (Lipinski definition) is 5. The summed E-state index contributed by atoms with van der Waals surface area (Å²) >= 11 is 0. The molecule has 3 N–H and O–H groups in total. The van der Waals surface area contributed by atoms with Crippen LogP contribution in [0.2, 0.25) is 0 Å². The van der Waals surface area contributed by atoms with Crippen molar-refractivity contribution in [2.75, 3.05) is 26.8 Å². The van der Waals surface area contributed by atoms with E-state index in [9.17, 15) is 14.4 Å². The molecule has 0 fully saturated rings. The molecule has 0 heterocycles. The monoisotopic (exact) mass is 653 g/mol. The Morgan fingerprint density at radius 1 is 0.646 bits per heavy atom. The number of para-hydroxylation sites is 2. The van der Waals surface area contributed by atoms with Gasteiger partial charge in [0.25, 0.3) is 0 Å². The van der Waals surface area contributed by atoms with Crippen molar-refractivity contribution < 1.29 is 28.1 Å². The zero-order valence-corrected chi connectivity index (χ0v) is 27.5. The van der Waals surface area contributed by atoms with Crippen LogP contribution >= 0.6 is 0 Å². The van der Waals surface area contributed by atoms with Crippen LogP contribution in [0.1, 0.15) is 21.8 Å². The molecule has 0 atom stereocenters. The molecular weight excluding hydrogens is 602 g/mol. The van der Waals surface area contributed by atoms with Crippen molar-refractivity contribution in [1.29, 1.82) is 0 Å². The van der Waals surface area contributed by atoms with Gasteiger partial charge in [-0.1, -0.05) is 117 Å². The van der Waals surface area contributed by atoms with E-state index in [1.165, 1.54) is 23.8 Å².